The number of ether oxygens (including phenoxy) is 1. The number of likely N-dealkylation sites (tertiary alicyclic amines) is 1. The number of carbonyl (C=O) groups is 3. The van der Waals surface area contributed by atoms with Gasteiger partial charge in [-0.25, -0.2) is 4.39 Å². The lowest BCUT2D eigenvalue weighted by Gasteiger charge is -2.28. The summed E-state index contributed by atoms with van der Waals surface area (Å²) in [6.07, 6.45) is 1.26. The Morgan fingerprint density at radius 2 is 1.86 bits per heavy atom. The zero-order chi connectivity index (χ0) is 21.3. The lowest BCUT2D eigenvalue weighted by atomic mass is 10.0. The van der Waals surface area contributed by atoms with E-state index in [0.29, 0.717) is 13.0 Å². The van der Waals surface area contributed by atoms with Crippen LogP contribution in [0.3, 0.4) is 0 Å². The van der Waals surface area contributed by atoms with Crippen LogP contribution in [0, 0.1) is 11.7 Å². The quantitative estimate of drug-likeness (QED) is 0.775. The van der Waals surface area contributed by atoms with E-state index in [1.54, 1.807) is 6.07 Å². The van der Waals surface area contributed by atoms with Gasteiger partial charge in [-0.1, -0.05) is 6.07 Å². The molecule has 156 valence electrons. The molecule has 2 atom stereocenters. The molecule has 0 saturated carbocycles. The normalized spacial score (nSPS) is 19.2. The van der Waals surface area contributed by atoms with Crippen molar-refractivity contribution in [2.45, 2.75) is 25.8 Å². The van der Waals surface area contributed by atoms with Gasteiger partial charge in [0, 0.05) is 32.1 Å². The molecule has 1 aromatic rings. The second kappa shape index (κ2) is 11.2. The van der Waals surface area contributed by atoms with Crippen LogP contribution in [-0.4, -0.2) is 77.7 Å². The van der Waals surface area contributed by atoms with Gasteiger partial charge in [0.15, 0.2) is 6.61 Å². The molecule has 0 aliphatic carbocycles. The number of carboxylic acids is 2. The molecule has 8 nitrogen and oxygen atoms in total. The molecule has 1 aliphatic heterocycles. The highest BCUT2D eigenvalue weighted by atomic mass is 19.1. The zero-order valence-electron chi connectivity index (χ0n) is 16.3. The first-order valence-corrected chi connectivity index (χ1v) is 8.85. The number of carboxylic acid groups (broad SMARTS) is 2. The summed E-state index contributed by atoms with van der Waals surface area (Å²) in [6.45, 7) is 1.48. The molecule has 0 radical (unpaired) electrons. The number of amides is 1. The van der Waals surface area contributed by atoms with E-state index in [1.807, 2.05) is 19.0 Å². The highest BCUT2D eigenvalue weighted by molar-refractivity contribution is 5.79. The van der Waals surface area contributed by atoms with E-state index in [4.69, 9.17) is 14.6 Å². The van der Waals surface area contributed by atoms with Crippen LogP contribution in [0.2, 0.25) is 0 Å². The third-order valence-corrected chi connectivity index (χ3v) is 4.31. The maximum Gasteiger partial charge on any atom is 0.308 e. The van der Waals surface area contributed by atoms with Crippen LogP contribution in [0.4, 0.5) is 4.39 Å². The van der Waals surface area contributed by atoms with Crippen LogP contribution in [0.1, 0.15) is 19.8 Å². The van der Waals surface area contributed by atoms with Crippen molar-refractivity contribution in [3.8, 4) is 5.75 Å². The molecule has 2 N–H and O–H groups in total. The van der Waals surface area contributed by atoms with Gasteiger partial charge in [0.05, 0.1) is 5.92 Å². The van der Waals surface area contributed by atoms with Crippen molar-refractivity contribution >= 4 is 17.8 Å². The summed E-state index contributed by atoms with van der Waals surface area (Å²) in [6, 6.07) is 5.68. The summed E-state index contributed by atoms with van der Waals surface area (Å²) in [4.78, 5) is 36.3. The van der Waals surface area contributed by atoms with E-state index in [0.717, 1.165) is 13.3 Å². The van der Waals surface area contributed by atoms with Gasteiger partial charge < -0.3 is 24.7 Å². The molecule has 0 aromatic heterocycles. The Morgan fingerprint density at radius 1 is 1.21 bits per heavy atom. The fraction of sp³-hybridized carbons (Fsp3) is 0.526. The Labute approximate surface area is 163 Å². The lowest BCUT2D eigenvalue weighted by Crippen LogP contribution is -2.44. The van der Waals surface area contributed by atoms with E-state index in [-0.39, 0.29) is 30.9 Å². The van der Waals surface area contributed by atoms with Gasteiger partial charge in [0.25, 0.3) is 11.9 Å². The average Bonchev–Trinajstić information content (AvgIpc) is 2.83. The number of rotatable bonds is 5. The van der Waals surface area contributed by atoms with Crippen LogP contribution in [0.25, 0.3) is 0 Å². The summed E-state index contributed by atoms with van der Waals surface area (Å²) in [5, 5.41) is 16.7. The van der Waals surface area contributed by atoms with E-state index >= 15 is 0 Å². The van der Waals surface area contributed by atoms with E-state index < -0.39 is 23.7 Å². The molecule has 1 fully saturated rings. The van der Waals surface area contributed by atoms with E-state index in [1.165, 1.54) is 23.1 Å². The van der Waals surface area contributed by atoms with Crippen molar-refractivity contribution in [2.24, 2.45) is 5.92 Å². The molecule has 0 unspecified atom stereocenters. The van der Waals surface area contributed by atoms with Crippen molar-refractivity contribution in [3.63, 3.8) is 0 Å². The molecule has 28 heavy (non-hydrogen) atoms. The molecule has 1 aromatic carbocycles. The first-order valence-electron chi connectivity index (χ1n) is 8.85. The van der Waals surface area contributed by atoms with Gasteiger partial charge >= 0.3 is 5.97 Å². The molecule has 1 aliphatic rings. The van der Waals surface area contributed by atoms with Crippen molar-refractivity contribution < 1.29 is 33.7 Å². The van der Waals surface area contributed by atoms with Crippen molar-refractivity contribution in [3.05, 3.63) is 30.1 Å². The largest absolute Gasteiger partial charge is 0.484 e. The fourth-order valence-electron chi connectivity index (χ4n) is 2.79. The van der Waals surface area contributed by atoms with E-state index in [9.17, 15) is 19.1 Å². The predicted octanol–water partition coefficient (Wildman–Crippen LogP) is 1.55. The first kappa shape index (κ1) is 23.4. The van der Waals surface area contributed by atoms with Gasteiger partial charge in [-0.05, 0) is 39.1 Å². The highest BCUT2D eigenvalue weighted by Gasteiger charge is 2.31. The third-order valence-electron chi connectivity index (χ3n) is 4.31. The van der Waals surface area contributed by atoms with Crippen molar-refractivity contribution in [2.75, 3.05) is 33.8 Å². The standard InChI is InChI=1S/C17H23FN2O4.C2H4O2/c1-19(2)14-7-6-12(17(22)23)9-20(10-14)16(21)11-24-15-5-3-4-13(18)8-15;1-2(3)4/h3-5,8,12,14H,6-7,9-11H2,1-2H3,(H,22,23);1H3,(H,3,4)/t12-,14+;/m0./s1. The molecule has 1 heterocycles. The van der Waals surface area contributed by atoms with Gasteiger partial charge in [-0.3, -0.25) is 14.4 Å². The number of likely N-dealkylation sites (N-methyl/N-ethyl adjacent to an activating group) is 1. The average molecular weight is 398 g/mol. The minimum Gasteiger partial charge on any atom is -0.484 e. The van der Waals surface area contributed by atoms with Crippen LogP contribution in [-0.2, 0) is 14.4 Å². The maximum absolute atomic E-state index is 13.1. The number of nitrogens with zero attached hydrogens (tertiary/aromatic N) is 2. The minimum absolute atomic E-state index is 0.104. The Bertz CT molecular complexity index is 678. The Balaban J connectivity index is 0.000000892. The second-order valence-corrected chi connectivity index (χ2v) is 6.79. The van der Waals surface area contributed by atoms with Crippen LogP contribution >= 0.6 is 0 Å². The van der Waals surface area contributed by atoms with Gasteiger partial charge in [-0.15, -0.1) is 0 Å². The number of benzene rings is 1. The number of carbonyl (C=O) groups excluding carboxylic acids is 1. The van der Waals surface area contributed by atoms with Crippen LogP contribution in [0.5, 0.6) is 5.75 Å². The fourth-order valence-corrected chi connectivity index (χ4v) is 2.79. The summed E-state index contributed by atoms with van der Waals surface area (Å²) in [5.74, 6) is -2.75. The van der Waals surface area contributed by atoms with Crippen LogP contribution < -0.4 is 4.74 Å². The molecule has 0 spiro atoms. The third kappa shape index (κ3) is 8.34. The Morgan fingerprint density at radius 3 is 2.39 bits per heavy atom. The Hall–Kier alpha value is -2.68. The molecule has 0 bridgehead atoms. The van der Waals surface area contributed by atoms with Crippen LogP contribution in [0.15, 0.2) is 24.3 Å². The second-order valence-electron chi connectivity index (χ2n) is 6.79. The topological polar surface area (TPSA) is 107 Å². The first-order chi connectivity index (χ1) is 13.1. The number of aliphatic carboxylic acids is 2. The lowest BCUT2D eigenvalue weighted by molar-refractivity contribution is -0.144. The summed E-state index contributed by atoms with van der Waals surface area (Å²) >= 11 is 0. The summed E-state index contributed by atoms with van der Waals surface area (Å²) < 4.78 is 18.5. The van der Waals surface area contributed by atoms with Gasteiger partial charge in [0.1, 0.15) is 11.6 Å². The SMILES string of the molecule is CC(=O)O.CN(C)[C@@H]1CC[C@H](C(=O)O)CN(C(=O)COc2cccc(F)c2)C1. The van der Waals surface area contributed by atoms with E-state index in [2.05, 4.69) is 0 Å². The molecule has 1 saturated heterocycles. The summed E-state index contributed by atoms with van der Waals surface area (Å²) in [7, 11) is 3.83. The molecular weight excluding hydrogens is 371 g/mol. The maximum atomic E-state index is 13.1. The molecule has 9 heteroatoms. The number of hydrogen-bond acceptors (Lipinski definition) is 5. The smallest absolute Gasteiger partial charge is 0.308 e. The van der Waals surface area contributed by atoms with Crippen molar-refractivity contribution in [1.82, 2.24) is 9.80 Å². The van der Waals surface area contributed by atoms with Gasteiger partial charge in [-0.2, -0.15) is 0 Å². The predicted molar refractivity (Wildman–Crippen MR) is 99.6 cm³/mol. The Kier molecular flexibility index (Phi) is 9.37. The minimum atomic E-state index is -0.891. The van der Waals surface area contributed by atoms with Gasteiger partial charge in [0.2, 0.25) is 0 Å². The molecule has 1 amide bonds. The number of halogens is 1. The monoisotopic (exact) mass is 398 g/mol. The molecular formula is C19H27FN2O6. The highest BCUT2D eigenvalue weighted by Crippen LogP contribution is 2.20. The zero-order valence-corrected chi connectivity index (χ0v) is 16.3. The number of hydrogen-bond donors (Lipinski definition) is 2. The summed E-state index contributed by atoms with van der Waals surface area (Å²) in [5.41, 5.74) is 0. The van der Waals surface area contributed by atoms with Crippen molar-refractivity contribution in [1.29, 1.82) is 0 Å². The molecule has 2 rings (SSSR count).